The van der Waals surface area contributed by atoms with E-state index in [9.17, 15) is 4.79 Å². The zero-order valence-corrected chi connectivity index (χ0v) is 13.6. The molecule has 0 radical (unpaired) electrons. The van der Waals surface area contributed by atoms with E-state index in [1.54, 1.807) is 5.06 Å². The van der Waals surface area contributed by atoms with E-state index in [-0.39, 0.29) is 5.97 Å². The molecule has 0 spiro atoms. The van der Waals surface area contributed by atoms with Gasteiger partial charge in [-0.05, 0) is 44.5 Å². The highest BCUT2D eigenvalue weighted by atomic mass is 16.7. The van der Waals surface area contributed by atoms with Crippen LogP contribution in [0.5, 0.6) is 0 Å². The largest absolute Gasteiger partial charge is 0.398 e. The quantitative estimate of drug-likeness (QED) is 0.820. The first-order chi connectivity index (χ1) is 10.3. The summed E-state index contributed by atoms with van der Waals surface area (Å²) in [5.74, 6) is -0.196. The fourth-order valence-electron chi connectivity index (χ4n) is 2.26. The highest BCUT2D eigenvalue weighted by Crippen LogP contribution is 2.23. The first-order valence-electron chi connectivity index (χ1n) is 7.62. The van der Waals surface area contributed by atoms with Crippen molar-refractivity contribution in [3.63, 3.8) is 0 Å². The Morgan fingerprint density at radius 2 is 1.86 bits per heavy atom. The van der Waals surface area contributed by atoms with Gasteiger partial charge in [0.1, 0.15) is 0 Å². The van der Waals surface area contributed by atoms with Crippen LogP contribution in [-0.2, 0) is 16.2 Å². The van der Waals surface area contributed by atoms with E-state index >= 15 is 0 Å². The van der Waals surface area contributed by atoms with Crippen molar-refractivity contribution in [2.75, 3.05) is 36.8 Å². The standard InChI is InChI=1S/C16H26N4O2/c1-16(2,3)15(21)22-20-8-6-19(7-9-20)13-4-5-14(18)12(10-13)11-17/h4-5,10H,6-9,11,17-18H2,1-3H3. The van der Waals surface area contributed by atoms with Gasteiger partial charge in [-0.2, -0.15) is 0 Å². The molecule has 0 saturated carbocycles. The predicted octanol–water partition coefficient (Wildman–Crippen LogP) is 1.35. The predicted molar refractivity (Wildman–Crippen MR) is 88.1 cm³/mol. The third kappa shape index (κ3) is 3.90. The van der Waals surface area contributed by atoms with Gasteiger partial charge < -0.3 is 21.2 Å². The van der Waals surface area contributed by atoms with Crippen LogP contribution in [-0.4, -0.2) is 37.2 Å². The summed E-state index contributed by atoms with van der Waals surface area (Å²) in [7, 11) is 0. The van der Waals surface area contributed by atoms with Crippen LogP contribution >= 0.6 is 0 Å². The van der Waals surface area contributed by atoms with E-state index in [1.807, 2.05) is 39.0 Å². The van der Waals surface area contributed by atoms with E-state index in [1.165, 1.54) is 0 Å². The number of hydrogen-bond acceptors (Lipinski definition) is 6. The second-order valence-corrected chi connectivity index (χ2v) is 6.63. The molecule has 0 aromatic heterocycles. The lowest BCUT2D eigenvalue weighted by atomic mass is 9.98. The highest BCUT2D eigenvalue weighted by molar-refractivity contribution is 5.75. The van der Waals surface area contributed by atoms with Gasteiger partial charge >= 0.3 is 5.97 Å². The van der Waals surface area contributed by atoms with Crippen LogP contribution in [0.3, 0.4) is 0 Å². The molecule has 1 fully saturated rings. The van der Waals surface area contributed by atoms with Crippen molar-refractivity contribution in [1.29, 1.82) is 0 Å². The average molecular weight is 306 g/mol. The molecule has 6 nitrogen and oxygen atoms in total. The maximum atomic E-state index is 11.9. The van der Waals surface area contributed by atoms with Gasteiger partial charge in [-0.15, -0.1) is 5.06 Å². The normalized spacial score (nSPS) is 16.6. The zero-order valence-electron chi connectivity index (χ0n) is 13.6. The molecule has 0 amide bonds. The number of piperazine rings is 1. The summed E-state index contributed by atoms with van der Waals surface area (Å²) in [6.07, 6.45) is 0. The molecular formula is C16H26N4O2. The molecule has 122 valence electrons. The Hall–Kier alpha value is -1.79. The molecule has 0 atom stereocenters. The number of carbonyl (C=O) groups is 1. The lowest BCUT2D eigenvalue weighted by molar-refractivity contribution is -0.201. The fraction of sp³-hybridized carbons (Fsp3) is 0.562. The summed E-state index contributed by atoms with van der Waals surface area (Å²) in [5.41, 5.74) is 13.9. The number of carbonyl (C=O) groups excluding carboxylic acids is 1. The van der Waals surface area contributed by atoms with Crippen LogP contribution in [0.25, 0.3) is 0 Å². The fourth-order valence-corrected chi connectivity index (χ4v) is 2.26. The number of nitrogens with zero attached hydrogens (tertiary/aromatic N) is 2. The molecule has 2 rings (SSSR count). The average Bonchev–Trinajstić information content (AvgIpc) is 2.47. The monoisotopic (exact) mass is 306 g/mol. The van der Waals surface area contributed by atoms with Gasteiger partial charge in [-0.3, -0.25) is 0 Å². The van der Waals surface area contributed by atoms with E-state index in [0.29, 0.717) is 19.6 Å². The molecule has 0 aliphatic carbocycles. The maximum Gasteiger partial charge on any atom is 0.330 e. The lowest BCUT2D eigenvalue weighted by Gasteiger charge is -2.36. The van der Waals surface area contributed by atoms with E-state index in [0.717, 1.165) is 30.0 Å². The molecule has 0 unspecified atom stereocenters. The van der Waals surface area contributed by atoms with Crippen molar-refractivity contribution < 1.29 is 9.63 Å². The number of hydroxylamine groups is 2. The number of rotatable bonds is 3. The molecule has 1 aliphatic rings. The van der Waals surface area contributed by atoms with Crippen molar-refractivity contribution in [1.82, 2.24) is 5.06 Å². The maximum absolute atomic E-state index is 11.9. The molecule has 1 aliphatic heterocycles. The second-order valence-electron chi connectivity index (χ2n) is 6.63. The van der Waals surface area contributed by atoms with Crippen LogP contribution in [0.15, 0.2) is 18.2 Å². The summed E-state index contributed by atoms with van der Waals surface area (Å²) < 4.78 is 0. The number of benzene rings is 1. The molecular weight excluding hydrogens is 280 g/mol. The summed E-state index contributed by atoms with van der Waals surface area (Å²) in [4.78, 5) is 19.6. The van der Waals surface area contributed by atoms with Gasteiger partial charge in [0.2, 0.25) is 0 Å². The Balaban J connectivity index is 1.93. The third-order valence-corrected chi connectivity index (χ3v) is 3.77. The first kappa shape index (κ1) is 16.6. The smallest absolute Gasteiger partial charge is 0.330 e. The van der Waals surface area contributed by atoms with Gasteiger partial charge in [0, 0.05) is 31.0 Å². The van der Waals surface area contributed by atoms with Crippen molar-refractivity contribution >= 4 is 17.3 Å². The molecule has 1 saturated heterocycles. The Bertz CT molecular complexity index is 531. The van der Waals surface area contributed by atoms with Crippen molar-refractivity contribution in [2.45, 2.75) is 27.3 Å². The van der Waals surface area contributed by atoms with Crippen molar-refractivity contribution in [3.8, 4) is 0 Å². The minimum atomic E-state index is -0.482. The summed E-state index contributed by atoms with van der Waals surface area (Å²) in [6, 6.07) is 5.93. The van der Waals surface area contributed by atoms with E-state index < -0.39 is 5.41 Å². The SMILES string of the molecule is CC(C)(C)C(=O)ON1CCN(c2ccc(N)c(CN)c2)CC1. The molecule has 1 heterocycles. The van der Waals surface area contributed by atoms with E-state index in [4.69, 9.17) is 16.3 Å². The van der Waals surface area contributed by atoms with Crippen molar-refractivity contribution in [2.24, 2.45) is 11.1 Å². The Labute approximate surface area is 132 Å². The van der Waals surface area contributed by atoms with Crippen LogP contribution in [0.1, 0.15) is 26.3 Å². The Morgan fingerprint density at radius 1 is 1.23 bits per heavy atom. The van der Waals surface area contributed by atoms with Crippen LogP contribution in [0, 0.1) is 5.41 Å². The number of hydrogen-bond donors (Lipinski definition) is 2. The minimum Gasteiger partial charge on any atom is -0.398 e. The van der Waals surface area contributed by atoms with Gasteiger partial charge in [-0.25, -0.2) is 4.79 Å². The minimum absolute atomic E-state index is 0.196. The van der Waals surface area contributed by atoms with Gasteiger partial charge in [0.05, 0.1) is 18.5 Å². The molecule has 1 aromatic rings. The molecule has 0 bridgehead atoms. The highest BCUT2D eigenvalue weighted by Gasteiger charge is 2.27. The number of anilines is 2. The molecule has 4 N–H and O–H groups in total. The number of nitrogens with two attached hydrogens (primary N) is 2. The molecule has 6 heteroatoms. The number of nitrogen functional groups attached to an aromatic ring is 1. The van der Waals surface area contributed by atoms with Crippen LogP contribution in [0.2, 0.25) is 0 Å². The van der Waals surface area contributed by atoms with E-state index in [2.05, 4.69) is 4.90 Å². The van der Waals surface area contributed by atoms with Gasteiger partial charge in [0.25, 0.3) is 0 Å². The first-order valence-corrected chi connectivity index (χ1v) is 7.62. The third-order valence-electron chi connectivity index (χ3n) is 3.77. The van der Waals surface area contributed by atoms with Crippen LogP contribution in [0.4, 0.5) is 11.4 Å². The lowest BCUT2D eigenvalue weighted by Crippen LogP contribution is -2.48. The summed E-state index contributed by atoms with van der Waals surface area (Å²) in [5, 5.41) is 1.74. The summed E-state index contributed by atoms with van der Waals surface area (Å²) in [6.45, 7) is 8.96. The Morgan fingerprint density at radius 3 is 2.41 bits per heavy atom. The molecule has 1 aromatic carbocycles. The van der Waals surface area contributed by atoms with Gasteiger partial charge in [0.15, 0.2) is 0 Å². The summed E-state index contributed by atoms with van der Waals surface area (Å²) >= 11 is 0. The Kier molecular flexibility index (Phi) is 4.93. The second kappa shape index (κ2) is 6.54. The molecule has 22 heavy (non-hydrogen) atoms. The van der Waals surface area contributed by atoms with Gasteiger partial charge in [-0.1, -0.05) is 0 Å². The van der Waals surface area contributed by atoms with Crippen LogP contribution < -0.4 is 16.4 Å². The topological polar surface area (TPSA) is 84.8 Å². The zero-order chi connectivity index (χ0) is 16.3. The van der Waals surface area contributed by atoms with Crippen molar-refractivity contribution in [3.05, 3.63) is 23.8 Å².